The maximum Gasteiger partial charge on any atom is 0.210 e. The third-order valence-electron chi connectivity index (χ3n) is 3.32. The van der Waals surface area contributed by atoms with Crippen LogP contribution in [-0.4, -0.2) is 24.4 Å². The number of thioether (sulfide) groups is 1. The lowest BCUT2D eigenvalue weighted by Crippen LogP contribution is -1.91. The van der Waals surface area contributed by atoms with Gasteiger partial charge in [-0.05, 0) is 30.3 Å². The highest BCUT2D eigenvalue weighted by molar-refractivity contribution is 8.00. The summed E-state index contributed by atoms with van der Waals surface area (Å²) >= 11 is 2.92. The fraction of sp³-hybridized carbons (Fsp3) is 0.176. The standard InChI is InChI=1S/C17H16FN3O2S2/c1-22-14-5-3-4-13(9-14)19-16-20-21-17(25-16)24-10-11-8-12(18)6-7-15(11)23-2/h3-9H,10H2,1-2H3,(H,19,20). The predicted molar refractivity (Wildman–Crippen MR) is 98.7 cm³/mol. The number of nitrogens with zero attached hydrogens (tertiary/aromatic N) is 2. The SMILES string of the molecule is COc1cccc(Nc2nnc(SCc3cc(F)ccc3OC)s2)c1. The Hall–Kier alpha value is -2.32. The van der Waals surface area contributed by atoms with Crippen molar-refractivity contribution in [3.05, 3.63) is 53.8 Å². The van der Waals surface area contributed by atoms with Gasteiger partial charge < -0.3 is 14.8 Å². The van der Waals surface area contributed by atoms with Gasteiger partial charge in [0.15, 0.2) is 4.34 Å². The number of halogens is 1. The highest BCUT2D eigenvalue weighted by atomic mass is 32.2. The van der Waals surface area contributed by atoms with Crippen LogP contribution >= 0.6 is 23.1 Å². The second-order valence-electron chi connectivity index (χ2n) is 4.97. The van der Waals surface area contributed by atoms with Crippen molar-refractivity contribution < 1.29 is 13.9 Å². The number of methoxy groups -OCH3 is 2. The van der Waals surface area contributed by atoms with Crippen LogP contribution in [0.25, 0.3) is 0 Å². The highest BCUT2D eigenvalue weighted by Crippen LogP contribution is 2.32. The molecule has 0 aliphatic heterocycles. The Bertz CT molecular complexity index is 857. The number of hydrogen-bond donors (Lipinski definition) is 1. The molecule has 1 N–H and O–H groups in total. The van der Waals surface area contributed by atoms with E-state index in [4.69, 9.17) is 9.47 Å². The molecular weight excluding hydrogens is 361 g/mol. The lowest BCUT2D eigenvalue weighted by Gasteiger charge is -2.07. The number of benzene rings is 2. The highest BCUT2D eigenvalue weighted by Gasteiger charge is 2.09. The van der Waals surface area contributed by atoms with E-state index in [1.807, 2.05) is 24.3 Å². The van der Waals surface area contributed by atoms with Gasteiger partial charge in [-0.25, -0.2) is 4.39 Å². The van der Waals surface area contributed by atoms with E-state index in [9.17, 15) is 4.39 Å². The van der Waals surface area contributed by atoms with E-state index in [1.165, 1.54) is 35.2 Å². The Morgan fingerprint density at radius 1 is 1.12 bits per heavy atom. The minimum Gasteiger partial charge on any atom is -0.497 e. The normalized spacial score (nSPS) is 10.5. The minimum atomic E-state index is -0.283. The minimum absolute atomic E-state index is 0.283. The van der Waals surface area contributed by atoms with Crippen molar-refractivity contribution in [2.24, 2.45) is 0 Å². The van der Waals surface area contributed by atoms with Crippen molar-refractivity contribution in [2.75, 3.05) is 19.5 Å². The van der Waals surface area contributed by atoms with Gasteiger partial charge in [0, 0.05) is 23.1 Å². The Labute approximate surface area is 153 Å². The fourth-order valence-electron chi connectivity index (χ4n) is 2.14. The second kappa shape index (κ2) is 8.17. The molecule has 0 unspecified atom stereocenters. The molecule has 0 saturated carbocycles. The summed E-state index contributed by atoms with van der Waals surface area (Å²) in [6.45, 7) is 0. The number of hydrogen-bond acceptors (Lipinski definition) is 7. The van der Waals surface area contributed by atoms with E-state index in [0.29, 0.717) is 16.6 Å². The first kappa shape index (κ1) is 17.5. The van der Waals surface area contributed by atoms with Crippen LogP contribution in [0.3, 0.4) is 0 Å². The molecular formula is C17H16FN3O2S2. The molecule has 0 aliphatic rings. The van der Waals surface area contributed by atoms with E-state index in [0.717, 1.165) is 21.3 Å². The van der Waals surface area contributed by atoms with Crippen molar-refractivity contribution in [1.29, 1.82) is 0 Å². The Morgan fingerprint density at radius 3 is 2.80 bits per heavy atom. The summed E-state index contributed by atoms with van der Waals surface area (Å²) in [5.41, 5.74) is 1.66. The Balaban J connectivity index is 1.65. The molecule has 8 heteroatoms. The average molecular weight is 377 g/mol. The monoisotopic (exact) mass is 377 g/mol. The van der Waals surface area contributed by atoms with Crippen LogP contribution in [0.4, 0.5) is 15.2 Å². The fourth-order valence-corrected chi connectivity index (χ4v) is 3.89. The van der Waals surface area contributed by atoms with E-state index in [2.05, 4.69) is 15.5 Å². The number of rotatable bonds is 7. The summed E-state index contributed by atoms with van der Waals surface area (Å²) < 4.78 is 24.7. The Kier molecular flexibility index (Phi) is 5.72. The topological polar surface area (TPSA) is 56.3 Å². The van der Waals surface area contributed by atoms with Crippen LogP contribution in [0.5, 0.6) is 11.5 Å². The molecule has 0 atom stereocenters. The predicted octanol–water partition coefficient (Wildman–Crippen LogP) is 4.73. The van der Waals surface area contributed by atoms with E-state index >= 15 is 0 Å². The molecule has 130 valence electrons. The van der Waals surface area contributed by atoms with Crippen LogP contribution < -0.4 is 14.8 Å². The largest absolute Gasteiger partial charge is 0.497 e. The molecule has 0 amide bonds. The quantitative estimate of drug-likeness (QED) is 0.601. The van der Waals surface area contributed by atoms with Gasteiger partial charge in [0.2, 0.25) is 5.13 Å². The maximum atomic E-state index is 13.4. The Morgan fingerprint density at radius 2 is 2.00 bits per heavy atom. The molecule has 0 spiro atoms. The van der Waals surface area contributed by atoms with Crippen LogP contribution in [0.15, 0.2) is 46.8 Å². The van der Waals surface area contributed by atoms with Gasteiger partial charge >= 0.3 is 0 Å². The molecule has 3 aromatic rings. The van der Waals surface area contributed by atoms with Gasteiger partial charge in [0.1, 0.15) is 17.3 Å². The zero-order chi connectivity index (χ0) is 17.6. The molecule has 0 saturated heterocycles. The van der Waals surface area contributed by atoms with Crippen LogP contribution in [0.2, 0.25) is 0 Å². The molecule has 0 bridgehead atoms. The lowest BCUT2D eigenvalue weighted by atomic mass is 10.2. The zero-order valence-electron chi connectivity index (χ0n) is 13.7. The van der Waals surface area contributed by atoms with Crippen LogP contribution in [0, 0.1) is 5.82 Å². The molecule has 5 nitrogen and oxygen atoms in total. The first-order valence-electron chi connectivity index (χ1n) is 7.37. The lowest BCUT2D eigenvalue weighted by molar-refractivity contribution is 0.410. The van der Waals surface area contributed by atoms with Gasteiger partial charge in [-0.2, -0.15) is 0 Å². The summed E-state index contributed by atoms with van der Waals surface area (Å²) in [4.78, 5) is 0. The number of nitrogens with one attached hydrogen (secondary N) is 1. The van der Waals surface area contributed by atoms with Gasteiger partial charge in [0.25, 0.3) is 0 Å². The number of anilines is 2. The molecule has 1 aromatic heterocycles. The van der Waals surface area contributed by atoms with Crippen molar-refractivity contribution in [2.45, 2.75) is 10.1 Å². The maximum absolute atomic E-state index is 13.4. The molecule has 25 heavy (non-hydrogen) atoms. The summed E-state index contributed by atoms with van der Waals surface area (Å²) in [6, 6.07) is 12.1. The third kappa shape index (κ3) is 4.61. The molecule has 1 heterocycles. The van der Waals surface area contributed by atoms with Crippen molar-refractivity contribution in [1.82, 2.24) is 10.2 Å². The number of ether oxygens (including phenoxy) is 2. The van der Waals surface area contributed by atoms with E-state index in [-0.39, 0.29) is 5.82 Å². The third-order valence-corrected chi connectivity index (χ3v) is 5.34. The summed E-state index contributed by atoms with van der Waals surface area (Å²) in [7, 11) is 3.20. The van der Waals surface area contributed by atoms with Crippen LogP contribution in [0.1, 0.15) is 5.56 Å². The smallest absolute Gasteiger partial charge is 0.210 e. The molecule has 3 rings (SSSR count). The summed E-state index contributed by atoms with van der Waals surface area (Å²) in [6.07, 6.45) is 0. The van der Waals surface area contributed by atoms with Gasteiger partial charge in [-0.15, -0.1) is 10.2 Å². The summed E-state index contributed by atoms with van der Waals surface area (Å²) in [5.74, 6) is 1.69. The van der Waals surface area contributed by atoms with Crippen molar-refractivity contribution in [3.63, 3.8) is 0 Å². The van der Waals surface area contributed by atoms with E-state index < -0.39 is 0 Å². The second-order valence-corrected chi connectivity index (χ2v) is 7.17. The molecule has 2 aromatic carbocycles. The summed E-state index contributed by atoms with van der Waals surface area (Å²) in [5, 5.41) is 12.2. The van der Waals surface area contributed by atoms with Crippen molar-refractivity contribution >= 4 is 33.9 Å². The molecule has 0 aliphatic carbocycles. The zero-order valence-corrected chi connectivity index (χ0v) is 15.3. The first-order chi connectivity index (χ1) is 12.2. The van der Waals surface area contributed by atoms with Gasteiger partial charge in [0.05, 0.1) is 14.2 Å². The molecule has 0 fully saturated rings. The number of aromatic nitrogens is 2. The molecule has 0 radical (unpaired) electrons. The van der Waals surface area contributed by atoms with Gasteiger partial charge in [-0.1, -0.05) is 29.2 Å². The average Bonchev–Trinajstić information content (AvgIpc) is 3.07. The van der Waals surface area contributed by atoms with Crippen molar-refractivity contribution in [3.8, 4) is 11.5 Å². The first-order valence-corrected chi connectivity index (χ1v) is 9.18. The van der Waals surface area contributed by atoms with Crippen LogP contribution in [-0.2, 0) is 5.75 Å². The van der Waals surface area contributed by atoms with E-state index in [1.54, 1.807) is 20.3 Å². The van der Waals surface area contributed by atoms with Gasteiger partial charge in [-0.3, -0.25) is 0 Å².